The molecule has 3 fully saturated rings. The van der Waals surface area contributed by atoms with E-state index in [1.165, 1.54) is 0 Å². The highest BCUT2D eigenvalue weighted by atomic mass is 19.1. The minimum absolute atomic E-state index is 0.0709. The van der Waals surface area contributed by atoms with Gasteiger partial charge in [-0.15, -0.1) is 0 Å². The van der Waals surface area contributed by atoms with E-state index in [1.807, 2.05) is 20.8 Å². The molecule has 1 aromatic rings. The van der Waals surface area contributed by atoms with Crippen molar-refractivity contribution in [2.45, 2.75) is 63.8 Å². The maximum Gasteiger partial charge on any atom is 0.410 e. The van der Waals surface area contributed by atoms with Crippen molar-refractivity contribution < 1.29 is 33.1 Å². The number of piperidine rings is 2. The van der Waals surface area contributed by atoms with Crippen LogP contribution in [-0.4, -0.2) is 108 Å². The van der Waals surface area contributed by atoms with Gasteiger partial charge in [0.15, 0.2) is 0 Å². The van der Waals surface area contributed by atoms with E-state index >= 15 is 4.39 Å². The molecule has 4 aliphatic rings. The Kier molecular flexibility index (Phi) is 7.32. The molecule has 0 spiro atoms. The van der Waals surface area contributed by atoms with Crippen molar-refractivity contribution in [3.8, 4) is 0 Å². The quantitative estimate of drug-likeness (QED) is 0.558. The number of halogens is 1. The van der Waals surface area contributed by atoms with Gasteiger partial charge in [-0.05, 0) is 45.4 Å². The molecule has 4 heterocycles. The molecule has 3 saturated heterocycles. The zero-order chi connectivity index (χ0) is 28.8. The molecule has 0 bridgehead atoms. The van der Waals surface area contributed by atoms with Gasteiger partial charge in [0.2, 0.25) is 11.8 Å². The number of carbonyl (C=O) groups is 5. The summed E-state index contributed by atoms with van der Waals surface area (Å²) in [6.07, 6.45) is 0.299. The molecular weight excluding hydrogens is 521 g/mol. The molecule has 5 rings (SSSR count). The summed E-state index contributed by atoms with van der Waals surface area (Å²) in [6, 6.07) is 4.08. The second kappa shape index (κ2) is 10.5. The van der Waals surface area contributed by atoms with Crippen molar-refractivity contribution in [2.24, 2.45) is 0 Å². The zero-order valence-electron chi connectivity index (χ0n) is 23.2. The van der Waals surface area contributed by atoms with Gasteiger partial charge in [0, 0.05) is 70.8 Å². The Morgan fingerprint density at radius 3 is 2.27 bits per heavy atom. The van der Waals surface area contributed by atoms with Crippen LogP contribution in [0.3, 0.4) is 0 Å². The van der Waals surface area contributed by atoms with Gasteiger partial charge in [0.25, 0.3) is 11.8 Å². The number of imide groups is 2. The van der Waals surface area contributed by atoms with Crippen molar-refractivity contribution in [1.82, 2.24) is 20.0 Å². The van der Waals surface area contributed by atoms with E-state index in [4.69, 9.17) is 4.74 Å². The fraction of sp³-hybridized carbons (Fsp3) is 0.607. The molecule has 1 unspecified atom stereocenters. The van der Waals surface area contributed by atoms with E-state index < -0.39 is 47.0 Å². The van der Waals surface area contributed by atoms with Crippen LogP contribution in [0.5, 0.6) is 0 Å². The number of hydrogen-bond acceptors (Lipinski definition) is 8. The van der Waals surface area contributed by atoms with Crippen LogP contribution in [0.1, 0.15) is 67.2 Å². The van der Waals surface area contributed by atoms with Gasteiger partial charge in [-0.25, -0.2) is 9.18 Å². The maximum absolute atomic E-state index is 15.7. The van der Waals surface area contributed by atoms with Crippen molar-refractivity contribution in [1.29, 1.82) is 0 Å². The monoisotopic (exact) mass is 557 g/mol. The minimum Gasteiger partial charge on any atom is -0.444 e. The average molecular weight is 558 g/mol. The van der Waals surface area contributed by atoms with Gasteiger partial charge >= 0.3 is 6.09 Å². The zero-order valence-corrected chi connectivity index (χ0v) is 23.2. The summed E-state index contributed by atoms with van der Waals surface area (Å²) in [5.41, 5.74) is -0.690. The van der Waals surface area contributed by atoms with Crippen LogP contribution in [0, 0.1) is 0 Å². The van der Waals surface area contributed by atoms with Gasteiger partial charge in [0.05, 0.1) is 11.1 Å². The van der Waals surface area contributed by atoms with Gasteiger partial charge in [-0.3, -0.25) is 34.3 Å². The third-order valence-corrected chi connectivity index (χ3v) is 7.98. The number of likely N-dealkylation sites (tertiary alicyclic amines) is 1. The number of ether oxygens (including phenoxy) is 1. The SMILES string of the molecule is CC(C)(C)OC(=O)N1CCC(F)(CN2CCN(c3ccc4c(c3)C(=O)N(C3CCC(=O)NC3=O)C4=O)CC2)CC1. The highest BCUT2D eigenvalue weighted by molar-refractivity contribution is 6.23. The van der Waals surface area contributed by atoms with Crippen molar-refractivity contribution >= 4 is 35.4 Å². The van der Waals surface area contributed by atoms with Crippen LogP contribution in [0.4, 0.5) is 14.9 Å². The summed E-state index contributed by atoms with van der Waals surface area (Å²) < 4.78 is 21.1. The van der Waals surface area contributed by atoms with Crippen LogP contribution in [0.25, 0.3) is 0 Å². The van der Waals surface area contributed by atoms with E-state index in [0.717, 1.165) is 10.6 Å². The van der Waals surface area contributed by atoms with Gasteiger partial charge in [-0.1, -0.05) is 0 Å². The summed E-state index contributed by atoms with van der Waals surface area (Å²) in [5, 5.41) is 2.20. The molecule has 1 atom stereocenters. The fourth-order valence-electron chi connectivity index (χ4n) is 5.80. The maximum atomic E-state index is 15.7. The molecule has 0 aliphatic carbocycles. The molecule has 216 valence electrons. The molecule has 0 saturated carbocycles. The Balaban J connectivity index is 1.15. The number of anilines is 1. The number of piperazine rings is 1. The lowest BCUT2D eigenvalue weighted by atomic mass is 9.92. The Labute approximate surface area is 232 Å². The summed E-state index contributed by atoms with van der Waals surface area (Å²) in [6.45, 7) is 8.88. The van der Waals surface area contributed by atoms with E-state index in [9.17, 15) is 24.0 Å². The normalized spacial score (nSPS) is 23.8. The molecule has 0 radical (unpaired) electrons. The van der Waals surface area contributed by atoms with E-state index in [0.29, 0.717) is 45.8 Å². The molecule has 12 heteroatoms. The molecule has 11 nitrogen and oxygen atoms in total. The number of amides is 5. The number of carbonyl (C=O) groups excluding carboxylic acids is 5. The number of alkyl halides is 1. The summed E-state index contributed by atoms with van der Waals surface area (Å²) in [7, 11) is 0. The second-order valence-electron chi connectivity index (χ2n) is 12.1. The summed E-state index contributed by atoms with van der Waals surface area (Å²) in [4.78, 5) is 68.9. The first-order valence-corrected chi connectivity index (χ1v) is 13.8. The lowest BCUT2D eigenvalue weighted by Gasteiger charge is -2.42. The molecule has 5 amide bonds. The molecule has 1 N–H and O–H groups in total. The van der Waals surface area contributed by atoms with Gasteiger partial charge in [0.1, 0.15) is 17.3 Å². The topological polar surface area (TPSA) is 120 Å². The van der Waals surface area contributed by atoms with Gasteiger partial charge < -0.3 is 14.5 Å². The van der Waals surface area contributed by atoms with Crippen LogP contribution < -0.4 is 10.2 Å². The third kappa shape index (κ3) is 5.67. The first-order chi connectivity index (χ1) is 18.8. The third-order valence-electron chi connectivity index (χ3n) is 7.98. The van der Waals surface area contributed by atoms with E-state index in [-0.39, 0.29) is 36.8 Å². The molecule has 4 aliphatic heterocycles. The number of hydrogen-bond donors (Lipinski definition) is 1. The fourth-order valence-corrected chi connectivity index (χ4v) is 5.80. The van der Waals surface area contributed by atoms with Crippen LogP contribution in [0.15, 0.2) is 18.2 Å². The number of nitrogens with one attached hydrogen (secondary N) is 1. The van der Waals surface area contributed by atoms with Crippen LogP contribution in [-0.2, 0) is 14.3 Å². The first kappa shape index (κ1) is 28.0. The summed E-state index contributed by atoms with van der Waals surface area (Å²) in [5.74, 6) is -2.11. The van der Waals surface area contributed by atoms with Crippen molar-refractivity contribution in [2.75, 3.05) is 50.7 Å². The van der Waals surface area contributed by atoms with E-state index in [2.05, 4.69) is 15.1 Å². The minimum atomic E-state index is -1.37. The highest BCUT2D eigenvalue weighted by Crippen LogP contribution is 2.32. The van der Waals surface area contributed by atoms with Crippen molar-refractivity contribution in [3.63, 3.8) is 0 Å². The standard InChI is InChI=1S/C28H36FN5O6/c1-27(2,3)40-26(39)33-10-8-28(29,9-11-33)17-31-12-14-32(15-13-31)18-4-5-19-20(16-18)25(38)34(24(19)37)21-6-7-22(35)30-23(21)36/h4-5,16,21H,6-15,17H2,1-3H3,(H,30,35,36). The molecule has 0 aromatic heterocycles. The number of nitrogens with zero attached hydrogens (tertiary/aromatic N) is 4. The van der Waals surface area contributed by atoms with E-state index in [1.54, 1.807) is 23.1 Å². The highest BCUT2D eigenvalue weighted by Gasteiger charge is 2.45. The molecule has 1 aromatic carbocycles. The van der Waals surface area contributed by atoms with Gasteiger partial charge in [-0.2, -0.15) is 0 Å². The number of rotatable bonds is 4. The largest absolute Gasteiger partial charge is 0.444 e. The lowest BCUT2D eigenvalue weighted by Crippen LogP contribution is -2.54. The Morgan fingerprint density at radius 1 is 1.00 bits per heavy atom. The molecular formula is C28H36FN5O6. The predicted octanol–water partition coefficient (Wildman–Crippen LogP) is 1.95. The number of fused-ring (bicyclic) bond motifs is 1. The Morgan fingerprint density at radius 2 is 1.65 bits per heavy atom. The average Bonchev–Trinajstić information content (AvgIpc) is 3.13. The Bertz CT molecular complexity index is 1230. The van der Waals surface area contributed by atoms with Crippen LogP contribution in [0.2, 0.25) is 0 Å². The summed E-state index contributed by atoms with van der Waals surface area (Å²) >= 11 is 0. The van der Waals surface area contributed by atoms with Crippen LogP contribution >= 0.6 is 0 Å². The smallest absolute Gasteiger partial charge is 0.410 e. The van der Waals surface area contributed by atoms with Crippen molar-refractivity contribution in [3.05, 3.63) is 29.3 Å². The Hall–Kier alpha value is -3.54. The second-order valence-corrected chi connectivity index (χ2v) is 12.1. The number of benzene rings is 1. The predicted molar refractivity (Wildman–Crippen MR) is 143 cm³/mol. The lowest BCUT2D eigenvalue weighted by molar-refractivity contribution is -0.136. The molecule has 40 heavy (non-hydrogen) atoms. The first-order valence-electron chi connectivity index (χ1n) is 13.8.